The molecule has 9 heteroatoms. The summed E-state index contributed by atoms with van der Waals surface area (Å²) >= 11 is 3.30. The molecule has 0 aliphatic rings. The van der Waals surface area contributed by atoms with E-state index in [1.54, 1.807) is 38.1 Å². The predicted octanol–water partition coefficient (Wildman–Crippen LogP) is 6.12. The molecule has 0 atom stereocenters. The fraction of sp³-hybridized carbons (Fsp3) is 0.111. The first-order valence-corrected chi connectivity index (χ1v) is 13.2. The van der Waals surface area contributed by atoms with E-state index < -0.39 is 21.9 Å². The molecular formula is C27H22BrNO6S. The summed E-state index contributed by atoms with van der Waals surface area (Å²) in [6, 6.07) is 19.5. The van der Waals surface area contributed by atoms with Gasteiger partial charge in [-0.1, -0.05) is 46.3 Å². The summed E-state index contributed by atoms with van der Waals surface area (Å²) in [6.45, 7) is 3.47. The Hall–Kier alpha value is -3.69. The van der Waals surface area contributed by atoms with Crippen LogP contribution in [0.3, 0.4) is 0 Å². The van der Waals surface area contributed by atoms with Gasteiger partial charge in [-0.15, -0.1) is 0 Å². The SMILES string of the molecule is CCOC(=O)c1c(C)oc2ccc(N(C(=O)/C=C/c3ccccc3)S(=O)(=O)c3ccc(Br)cc3)cc12. The first-order chi connectivity index (χ1) is 17.2. The number of carbonyl (C=O) groups excluding carboxylic acids is 2. The minimum Gasteiger partial charge on any atom is -0.462 e. The molecule has 7 nitrogen and oxygen atoms in total. The highest BCUT2D eigenvalue weighted by Gasteiger charge is 2.31. The van der Waals surface area contributed by atoms with Crippen LogP contribution in [0, 0.1) is 6.92 Å². The Kier molecular flexibility index (Phi) is 7.42. The average Bonchev–Trinajstić information content (AvgIpc) is 3.19. The summed E-state index contributed by atoms with van der Waals surface area (Å²) in [5.41, 5.74) is 1.34. The highest BCUT2D eigenvalue weighted by Crippen LogP contribution is 2.33. The number of carbonyl (C=O) groups is 2. The Morgan fingerprint density at radius 3 is 2.39 bits per heavy atom. The molecule has 1 heterocycles. The number of rotatable bonds is 7. The summed E-state index contributed by atoms with van der Waals surface area (Å²) in [5.74, 6) is -1.04. The summed E-state index contributed by atoms with van der Waals surface area (Å²) in [7, 11) is -4.31. The van der Waals surface area contributed by atoms with Crippen LogP contribution in [0.5, 0.6) is 0 Å². The zero-order valence-electron chi connectivity index (χ0n) is 19.5. The third kappa shape index (κ3) is 5.12. The molecule has 0 spiro atoms. The lowest BCUT2D eigenvalue weighted by atomic mass is 10.1. The molecule has 0 radical (unpaired) electrons. The highest BCUT2D eigenvalue weighted by atomic mass is 79.9. The standard InChI is InChI=1S/C27H22BrNO6S/c1-3-34-27(31)26-18(2)35-24-15-12-21(17-23(24)26)29(25(30)16-9-19-7-5-4-6-8-19)36(32,33)22-13-10-20(28)11-14-22/h4-17H,3H2,1-2H3/b16-9+. The van der Waals surface area contributed by atoms with Crippen molar-refractivity contribution in [3.63, 3.8) is 0 Å². The number of benzene rings is 3. The van der Waals surface area contributed by atoms with Crippen molar-refractivity contribution in [1.29, 1.82) is 0 Å². The van der Waals surface area contributed by atoms with Gasteiger partial charge in [-0.3, -0.25) is 4.79 Å². The van der Waals surface area contributed by atoms with Crippen molar-refractivity contribution in [3.8, 4) is 0 Å². The molecule has 0 N–H and O–H groups in total. The van der Waals surface area contributed by atoms with Crippen molar-refractivity contribution < 1.29 is 27.2 Å². The monoisotopic (exact) mass is 567 g/mol. The van der Waals surface area contributed by atoms with Gasteiger partial charge in [-0.2, -0.15) is 4.31 Å². The van der Waals surface area contributed by atoms with Gasteiger partial charge in [-0.25, -0.2) is 13.2 Å². The largest absolute Gasteiger partial charge is 0.462 e. The van der Waals surface area contributed by atoms with Crippen molar-refractivity contribution in [1.82, 2.24) is 0 Å². The van der Waals surface area contributed by atoms with Crippen molar-refractivity contribution in [3.05, 3.63) is 100 Å². The molecule has 0 saturated carbocycles. The quantitative estimate of drug-likeness (QED) is 0.197. The smallest absolute Gasteiger partial charge is 0.342 e. The molecule has 0 aliphatic carbocycles. The first kappa shape index (κ1) is 25.4. The van der Waals surface area contributed by atoms with Crippen molar-refractivity contribution in [2.75, 3.05) is 10.9 Å². The number of sulfonamides is 1. The molecule has 4 aromatic rings. The Morgan fingerprint density at radius 1 is 1.03 bits per heavy atom. The second kappa shape index (κ2) is 10.5. The fourth-order valence-corrected chi connectivity index (χ4v) is 5.33. The molecule has 1 amide bonds. The first-order valence-electron chi connectivity index (χ1n) is 11.0. The number of esters is 1. The van der Waals surface area contributed by atoms with Gasteiger partial charge in [0, 0.05) is 15.9 Å². The second-order valence-electron chi connectivity index (χ2n) is 7.74. The molecule has 0 saturated heterocycles. The van der Waals surface area contributed by atoms with E-state index in [0.717, 1.165) is 5.56 Å². The normalized spacial score (nSPS) is 11.6. The molecule has 0 fully saturated rings. The Labute approximate surface area is 217 Å². The molecule has 4 rings (SSSR count). The minimum atomic E-state index is -4.31. The van der Waals surface area contributed by atoms with Crippen LogP contribution in [0.2, 0.25) is 0 Å². The fourth-order valence-electron chi connectivity index (χ4n) is 3.69. The maximum atomic E-state index is 13.7. The van der Waals surface area contributed by atoms with Crippen LogP contribution in [-0.4, -0.2) is 26.9 Å². The second-order valence-corrected chi connectivity index (χ2v) is 10.4. The van der Waals surface area contributed by atoms with Crippen LogP contribution in [0.1, 0.15) is 28.6 Å². The summed E-state index contributed by atoms with van der Waals surface area (Å²) < 4.78 is 39.6. The van der Waals surface area contributed by atoms with Crippen LogP contribution < -0.4 is 4.31 Å². The molecule has 0 unspecified atom stereocenters. The Bertz CT molecular complexity index is 1560. The van der Waals surface area contributed by atoms with Crippen LogP contribution in [0.15, 0.2) is 92.7 Å². The Morgan fingerprint density at radius 2 is 1.72 bits per heavy atom. The summed E-state index contributed by atoms with van der Waals surface area (Å²) in [4.78, 5) is 25.9. The lowest BCUT2D eigenvalue weighted by Crippen LogP contribution is -2.35. The van der Waals surface area contributed by atoms with E-state index in [2.05, 4.69) is 15.9 Å². The lowest BCUT2D eigenvalue weighted by Gasteiger charge is -2.21. The number of hydrogen-bond acceptors (Lipinski definition) is 6. The molecule has 36 heavy (non-hydrogen) atoms. The van der Waals surface area contributed by atoms with Gasteiger partial charge in [0.2, 0.25) is 0 Å². The maximum Gasteiger partial charge on any atom is 0.342 e. The number of ether oxygens (including phenoxy) is 1. The number of anilines is 1. The van der Waals surface area contributed by atoms with Gasteiger partial charge < -0.3 is 9.15 Å². The van der Waals surface area contributed by atoms with Crippen molar-refractivity contribution in [2.45, 2.75) is 18.7 Å². The van der Waals surface area contributed by atoms with E-state index in [1.165, 1.54) is 42.5 Å². The number of halogens is 1. The number of furan rings is 1. The van der Waals surface area contributed by atoms with E-state index in [0.29, 0.717) is 25.5 Å². The maximum absolute atomic E-state index is 13.7. The minimum absolute atomic E-state index is 0.0551. The van der Waals surface area contributed by atoms with Crippen LogP contribution in [-0.2, 0) is 19.6 Å². The van der Waals surface area contributed by atoms with E-state index in [1.807, 2.05) is 18.2 Å². The zero-order chi connectivity index (χ0) is 25.9. The molecule has 0 aliphatic heterocycles. The predicted molar refractivity (Wildman–Crippen MR) is 141 cm³/mol. The van der Waals surface area contributed by atoms with Crippen molar-refractivity contribution in [2.24, 2.45) is 0 Å². The average molecular weight is 568 g/mol. The van der Waals surface area contributed by atoms with E-state index >= 15 is 0 Å². The number of aryl methyl sites for hydroxylation is 1. The molecule has 1 aromatic heterocycles. The number of hydrogen-bond donors (Lipinski definition) is 0. The van der Waals surface area contributed by atoms with E-state index in [4.69, 9.17) is 9.15 Å². The Balaban J connectivity index is 1.87. The summed E-state index contributed by atoms with van der Waals surface area (Å²) in [6.07, 6.45) is 2.74. The highest BCUT2D eigenvalue weighted by molar-refractivity contribution is 9.10. The molecular weight excluding hydrogens is 546 g/mol. The molecule has 0 bridgehead atoms. The van der Waals surface area contributed by atoms with Gasteiger partial charge in [-0.05, 0) is 68.0 Å². The number of nitrogens with zero attached hydrogens (tertiary/aromatic N) is 1. The van der Waals surface area contributed by atoms with Crippen LogP contribution >= 0.6 is 15.9 Å². The number of fused-ring (bicyclic) bond motifs is 1. The van der Waals surface area contributed by atoms with Crippen LogP contribution in [0.4, 0.5) is 5.69 Å². The zero-order valence-corrected chi connectivity index (χ0v) is 21.9. The van der Waals surface area contributed by atoms with Crippen molar-refractivity contribution >= 4 is 60.6 Å². The van der Waals surface area contributed by atoms with Crippen LogP contribution in [0.25, 0.3) is 17.0 Å². The van der Waals surface area contributed by atoms with Gasteiger partial charge >= 0.3 is 5.97 Å². The van der Waals surface area contributed by atoms with E-state index in [9.17, 15) is 18.0 Å². The van der Waals surface area contributed by atoms with Gasteiger partial charge in [0.1, 0.15) is 16.9 Å². The van der Waals surface area contributed by atoms with E-state index in [-0.39, 0.29) is 22.8 Å². The van der Waals surface area contributed by atoms with Gasteiger partial charge in [0.25, 0.3) is 15.9 Å². The lowest BCUT2D eigenvalue weighted by molar-refractivity contribution is -0.113. The topological polar surface area (TPSA) is 93.9 Å². The van der Waals surface area contributed by atoms with Gasteiger partial charge in [0.05, 0.1) is 17.2 Å². The molecule has 3 aromatic carbocycles. The third-order valence-electron chi connectivity index (χ3n) is 5.33. The number of amides is 1. The van der Waals surface area contributed by atoms with Gasteiger partial charge in [0.15, 0.2) is 0 Å². The molecule has 184 valence electrons. The summed E-state index contributed by atoms with van der Waals surface area (Å²) in [5, 5.41) is 0.347. The third-order valence-corrected chi connectivity index (χ3v) is 7.60.